The van der Waals surface area contributed by atoms with Crippen LogP contribution in [0.3, 0.4) is 0 Å². The van der Waals surface area contributed by atoms with Crippen LogP contribution < -0.4 is 11.3 Å². The van der Waals surface area contributed by atoms with Gasteiger partial charge >= 0.3 is 0 Å². The molecule has 0 aromatic carbocycles. The van der Waals surface area contributed by atoms with E-state index in [9.17, 15) is 18.4 Å². The molecular formula is C7H6F2N2O2. The molecule has 0 saturated heterocycles. The average molecular weight is 188 g/mol. The third-order valence-electron chi connectivity index (χ3n) is 1.44. The number of rotatable bonds is 2. The van der Waals surface area contributed by atoms with Gasteiger partial charge in [0, 0.05) is 0 Å². The normalized spacial score (nSPS) is 10.4. The Kier molecular flexibility index (Phi) is 2.41. The van der Waals surface area contributed by atoms with Crippen molar-refractivity contribution in [2.45, 2.75) is 6.43 Å². The zero-order chi connectivity index (χ0) is 10.0. The largest absolute Gasteiger partial charge is 0.364 e. The summed E-state index contributed by atoms with van der Waals surface area (Å²) in [5.74, 6) is -0.863. The number of nitrogens with two attached hydrogens (primary N) is 1. The first kappa shape index (κ1) is 9.37. The van der Waals surface area contributed by atoms with Gasteiger partial charge in [0.1, 0.15) is 5.69 Å². The number of hydrogen-bond donors (Lipinski definition) is 2. The van der Waals surface area contributed by atoms with Gasteiger partial charge in [0.2, 0.25) is 0 Å². The molecule has 0 saturated carbocycles. The van der Waals surface area contributed by atoms with Crippen molar-refractivity contribution in [1.82, 2.24) is 4.98 Å². The van der Waals surface area contributed by atoms with E-state index in [-0.39, 0.29) is 5.69 Å². The molecule has 1 rings (SSSR count). The molecule has 0 aliphatic heterocycles. The van der Waals surface area contributed by atoms with Crippen LogP contribution in [0.4, 0.5) is 8.78 Å². The number of aromatic amines is 1. The maximum Gasteiger partial charge on any atom is 0.269 e. The van der Waals surface area contributed by atoms with E-state index < -0.39 is 23.5 Å². The molecule has 70 valence electrons. The number of carbonyl (C=O) groups excluding carboxylic acids is 1. The van der Waals surface area contributed by atoms with Gasteiger partial charge in [-0.3, -0.25) is 9.59 Å². The molecule has 1 aromatic heterocycles. The van der Waals surface area contributed by atoms with Crippen molar-refractivity contribution < 1.29 is 13.6 Å². The first-order valence-corrected chi connectivity index (χ1v) is 3.33. The summed E-state index contributed by atoms with van der Waals surface area (Å²) < 4.78 is 24.0. The maximum absolute atomic E-state index is 12.0. The fraction of sp³-hybridized carbons (Fsp3) is 0.143. The second-order valence-electron chi connectivity index (χ2n) is 2.32. The quantitative estimate of drug-likeness (QED) is 0.705. The van der Waals surface area contributed by atoms with Crippen LogP contribution in [0.5, 0.6) is 0 Å². The molecule has 0 aliphatic rings. The van der Waals surface area contributed by atoms with Crippen LogP contribution in [0, 0.1) is 0 Å². The third kappa shape index (κ3) is 1.90. The number of hydrogen-bond acceptors (Lipinski definition) is 2. The van der Waals surface area contributed by atoms with Crippen molar-refractivity contribution in [1.29, 1.82) is 0 Å². The Labute approximate surface area is 71.4 Å². The second kappa shape index (κ2) is 3.34. The van der Waals surface area contributed by atoms with Gasteiger partial charge in [-0.2, -0.15) is 0 Å². The van der Waals surface area contributed by atoms with Crippen LogP contribution in [-0.4, -0.2) is 10.9 Å². The summed E-state index contributed by atoms with van der Waals surface area (Å²) in [6, 6.07) is 1.93. The molecule has 1 aromatic rings. The minimum absolute atomic E-state index is 0.186. The highest BCUT2D eigenvalue weighted by atomic mass is 19.3. The van der Waals surface area contributed by atoms with E-state index in [0.717, 1.165) is 12.1 Å². The Hall–Kier alpha value is -1.72. The van der Waals surface area contributed by atoms with E-state index in [2.05, 4.69) is 0 Å². The summed E-state index contributed by atoms with van der Waals surface area (Å²) in [5.41, 5.74) is 2.96. The molecule has 1 heterocycles. The number of carbonyl (C=O) groups is 1. The van der Waals surface area contributed by atoms with Gasteiger partial charge in [-0.1, -0.05) is 0 Å². The van der Waals surface area contributed by atoms with Gasteiger partial charge in [0.25, 0.3) is 17.9 Å². The summed E-state index contributed by atoms with van der Waals surface area (Å²) >= 11 is 0. The number of primary amides is 1. The standard InChI is InChI=1S/C7H6F2N2O2/c8-5(9)3-1-2-4(6(10)12)11-7(3)13/h1-2,5H,(H2,10,12)(H,11,13). The van der Waals surface area contributed by atoms with E-state index in [0.29, 0.717) is 0 Å². The summed E-state index contributed by atoms with van der Waals surface area (Å²) in [5, 5.41) is 0. The Morgan fingerprint density at radius 2 is 2.08 bits per heavy atom. The number of H-pyrrole nitrogens is 1. The number of pyridine rings is 1. The first-order chi connectivity index (χ1) is 6.02. The van der Waals surface area contributed by atoms with Crippen molar-refractivity contribution in [2.75, 3.05) is 0 Å². The van der Waals surface area contributed by atoms with Crippen LogP contribution in [0.25, 0.3) is 0 Å². The fourth-order valence-electron chi connectivity index (χ4n) is 0.801. The molecule has 0 aliphatic carbocycles. The van der Waals surface area contributed by atoms with Crippen LogP contribution in [0.1, 0.15) is 22.5 Å². The molecule has 13 heavy (non-hydrogen) atoms. The molecule has 0 fully saturated rings. The molecule has 0 radical (unpaired) electrons. The molecule has 0 unspecified atom stereocenters. The van der Waals surface area contributed by atoms with Crippen molar-refractivity contribution >= 4 is 5.91 Å². The Bertz CT molecular complexity index is 386. The molecule has 4 nitrogen and oxygen atoms in total. The number of aromatic nitrogens is 1. The second-order valence-corrected chi connectivity index (χ2v) is 2.32. The van der Waals surface area contributed by atoms with E-state index >= 15 is 0 Å². The van der Waals surface area contributed by atoms with Crippen molar-refractivity contribution in [2.24, 2.45) is 5.73 Å². The van der Waals surface area contributed by atoms with Gasteiger partial charge in [-0.15, -0.1) is 0 Å². The number of halogens is 2. The lowest BCUT2D eigenvalue weighted by Gasteiger charge is -1.99. The average Bonchev–Trinajstić information content (AvgIpc) is 2.03. The molecule has 0 atom stereocenters. The van der Waals surface area contributed by atoms with E-state index in [4.69, 9.17) is 5.73 Å². The van der Waals surface area contributed by atoms with Crippen LogP contribution in [0.15, 0.2) is 16.9 Å². The van der Waals surface area contributed by atoms with Crippen LogP contribution in [-0.2, 0) is 0 Å². The van der Waals surface area contributed by atoms with Crippen LogP contribution >= 0.6 is 0 Å². The van der Waals surface area contributed by atoms with Gasteiger partial charge < -0.3 is 10.7 Å². The minimum Gasteiger partial charge on any atom is -0.364 e. The first-order valence-electron chi connectivity index (χ1n) is 3.33. The SMILES string of the molecule is NC(=O)c1ccc(C(F)F)c(=O)[nH]1. The van der Waals surface area contributed by atoms with Crippen molar-refractivity contribution in [3.63, 3.8) is 0 Å². The highest BCUT2D eigenvalue weighted by Gasteiger charge is 2.12. The van der Waals surface area contributed by atoms with E-state index in [1.807, 2.05) is 4.98 Å². The third-order valence-corrected chi connectivity index (χ3v) is 1.44. The van der Waals surface area contributed by atoms with Crippen LogP contribution in [0.2, 0.25) is 0 Å². The van der Waals surface area contributed by atoms with E-state index in [1.54, 1.807) is 0 Å². The Morgan fingerprint density at radius 1 is 1.46 bits per heavy atom. The van der Waals surface area contributed by atoms with Gasteiger partial charge in [-0.25, -0.2) is 8.78 Å². The monoisotopic (exact) mass is 188 g/mol. The molecular weight excluding hydrogens is 182 g/mol. The fourth-order valence-corrected chi connectivity index (χ4v) is 0.801. The maximum atomic E-state index is 12.0. The smallest absolute Gasteiger partial charge is 0.269 e. The zero-order valence-electron chi connectivity index (χ0n) is 6.38. The topological polar surface area (TPSA) is 76.0 Å². The summed E-state index contributed by atoms with van der Waals surface area (Å²) in [6.45, 7) is 0. The predicted octanol–water partition coefficient (Wildman–Crippen LogP) is 0.411. The Morgan fingerprint density at radius 3 is 2.46 bits per heavy atom. The lowest BCUT2D eigenvalue weighted by Crippen LogP contribution is -2.21. The van der Waals surface area contributed by atoms with Gasteiger partial charge in [0.15, 0.2) is 0 Å². The van der Waals surface area contributed by atoms with Gasteiger partial charge in [-0.05, 0) is 12.1 Å². The predicted molar refractivity (Wildman–Crippen MR) is 40.5 cm³/mol. The van der Waals surface area contributed by atoms with E-state index in [1.165, 1.54) is 0 Å². The molecule has 1 amide bonds. The number of amides is 1. The Balaban J connectivity index is 3.21. The summed E-state index contributed by atoms with van der Waals surface area (Å²) in [4.78, 5) is 23.3. The van der Waals surface area contributed by atoms with Crippen molar-refractivity contribution in [3.8, 4) is 0 Å². The highest BCUT2D eigenvalue weighted by molar-refractivity contribution is 5.90. The molecule has 0 spiro atoms. The lowest BCUT2D eigenvalue weighted by molar-refractivity contribution is 0.0994. The molecule has 0 bridgehead atoms. The number of nitrogens with one attached hydrogen (secondary N) is 1. The summed E-state index contributed by atoms with van der Waals surface area (Å²) in [6.07, 6.45) is -2.86. The minimum atomic E-state index is -2.86. The summed E-state index contributed by atoms with van der Waals surface area (Å²) in [7, 11) is 0. The van der Waals surface area contributed by atoms with Crippen molar-refractivity contribution in [3.05, 3.63) is 33.7 Å². The molecule has 3 N–H and O–H groups in total. The molecule has 6 heteroatoms. The highest BCUT2D eigenvalue weighted by Crippen LogP contribution is 2.13. The zero-order valence-corrected chi connectivity index (χ0v) is 6.38. The number of alkyl halides is 2. The lowest BCUT2D eigenvalue weighted by atomic mass is 10.2. The van der Waals surface area contributed by atoms with Gasteiger partial charge in [0.05, 0.1) is 5.56 Å².